The summed E-state index contributed by atoms with van der Waals surface area (Å²) in [5.41, 5.74) is 2.09. The predicted octanol–water partition coefficient (Wildman–Crippen LogP) is 4.38. The molecule has 130 valence electrons. The molecule has 0 spiro atoms. The summed E-state index contributed by atoms with van der Waals surface area (Å²) in [6, 6.07) is 9.26. The maximum absolute atomic E-state index is 13.2. The molecule has 25 heavy (non-hydrogen) atoms. The summed E-state index contributed by atoms with van der Waals surface area (Å²) in [4.78, 5) is 27.2. The van der Waals surface area contributed by atoms with Crippen LogP contribution in [0.1, 0.15) is 39.1 Å². The number of carbonyl (C=O) groups excluding carboxylic acids is 2. The normalized spacial score (nSPS) is 13.8. The van der Waals surface area contributed by atoms with Crippen molar-refractivity contribution in [1.29, 1.82) is 0 Å². The maximum atomic E-state index is 13.2. The van der Waals surface area contributed by atoms with E-state index in [1.54, 1.807) is 11.0 Å². The Morgan fingerprint density at radius 2 is 1.84 bits per heavy atom. The molecule has 1 fully saturated rings. The summed E-state index contributed by atoms with van der Waals surface area (Å²) in [7, 11) is 0. The van der Waals surface area contributed by atoms with E-state index < -0.39 is 11.7 Å². The monoisotopic (exact) mass is 404 g/mol. The van der Waals surface area contributed by atoms with Gasteiger partial charge in [-0.3, -0.25) is 9.59 Å². The standard InChI is InChI=1S/C19H18BrFN2O2/c1-12-5-4-6-15(19(25)23-9-2-3-10-23)17(12)22-18(24)14-8-7-13(21)11-16(14)20/h4-8,11H,2-3,9-10H2,1H3,(H,22,24). The third kappa shape index (κ3) is 3.74. The number of carbonyl (C=O) groups is 2. The van der Waals surface area contributed by atoms with E-state index in [1.165, 1.54) is 18.2 Å². The number of nitrogens with one attached hydrogen (secondary N) is 1. The van der Waals surface area contributed by atoms with Crippen LogP contribution in [0.25, 0.3) is 0 Å². The third-order valence-electron chi connectivity index (χ3n) is 4.31. The Bertz CT molecular complexity index is 832. The number of hydrogen-bond donors (Lipinski definition) is 1. The highest BCUT2D eigenvalue weighted by atomic mass is 79.9. The number of amides is 2. The summed E-state index contributed by atoms with van der Waals surface area (Å²) in [6.07, 6.45) is 2.00. The summed E-state index contributed by atoms with van der Waals surface area (Å²) in [5, 5.41) is 2.82. The zero-order chi connectivity index (χ0) is 18.0. The summed E-state index contributed by atoms with van der Waals surface area (Å²) < 4.78 is 13.6. The fourth-order valence-corrected chi connectivity index (χ4v) is 3.49. The van der Waals surface area contributed by atoms with Gasteiger partial charge in [0, 0.05) is 17.6 Å². The molecule has 1 aliphatic rings. The molecule has 0 aliphatic carbocycles. The minimum absolute atomic E-state index is 0.0744. The molecule has 1 heterocycles. The highest BCUT2D eigenvalue weighted by Gasteiger charge is 2.24. The number of para-hydroxylation sites is 1. The number of rotatable bonds is 3. The molecule has 1 aliphatic heterocycles. The van der Waals surface area contributed by atoms with Crippen LogP contribution in [0.2, 0.25) is 0 Å². The van der Waals surface area contributed by atoms with Crippen molar-refractivity contribution in [2.45, 2.75) is 19.8 Å². The van der Waals surface area contributed by atoms with Gasteiger partial charge in [0.1, 0.15) is 5.82 Å². The number of benzene rings is 2. The molecule has 0 aromatic heterocycles. The lowest BCUT2D eigenvalue weighted by Gasteiger charge is -2.19. The molecule has 0 saturated carbocycles. The largest absolute Gasteiger partial charge is 0.339 e. The fourth-order valence-electron chi connectivity index (χ4n) is 2.96. The molecule has 0 unspecified atom stereocenters. The van der Waals surface area contributed by atoms with E-state index in [1.807, 2.05) is 19.1 Å². The van der Waals surface area contributed by atoms with Crippen molar-refractivity contribution in [3.05, 3.63) is 63.4 Å². The van der Waals surface area contributed by atoms with Crippen LogP contribution >= 0.6 is 15.9 Å². The first kappa shape index (κ1) is 17.6. The van der Waals surface area contributed by atoms with Gasteiger partial charge in [-0.05, 0) is 65.5 Å². The van der Waals surface area contributed by atoms with E-state index in [2.05, 4.69) is 21.2 Å². The van der Waals surface area contributed by atoms with Crippen molar-refractivity contribution in [2.75, 3.05) is 18.4 Å². The molecule has 6 heteroatoms. The predicted molar refractivity (Wildman–Crippen MR) is 98.4 cm³/mol. The topological polar surface area (TPSA) is 49.4 Å². The first-order chi connectivity index (χ1) is 12.0. The average molecular weight is 405 g/mol. The van der Waals surface area contributed by atoms with E-state index in [9.17, 15) is 14.0 Å². The first-order valence-corrected chi connectivity index (χ1v) is 8.92. The Labute approximate surface area is 154 Å². The molecule has 3 rings (SSSR count). The molecule has 2 amide bonds. The highest BCUT2D eigenvalue weighted by Crippen LogP contribution is 2.26. The Hall–Kier alpha value is -2.21. The molecular weight excluding hydrogens is 387 g/mol. The minimum atomic E-state index is -0.427. The lowest BCUT2D eigenvalue weighted by atomic mass is 10.1. The number of hydrogen-bond acceptors (Lipinski definition) is 2. The molecule has 0 atom stereocenters. The van der Waals surface area contributed by atoms with Crippen molar-refractivity contribution in [3.8, 4) is 0 Å². The third-order valence-corrected chi connectivity index (χ3v) is 4.97. The second-order valence-electron chi connectivity index (χ2n) is 6.08. The molecular formula is C19H18BrFN2O2. The van der Waals surface area contributed by atoms with Crippen LogP contribution in [-0.2, 0) is 0 Å². The van der Waals surface area contributed by atoms with Crippen LogP contribution in [0.15, 0.2) is 40.9 Å². The summed E-state index contributed by atoms with van der Waals surface area (Å²) >= 11 is 3.20. The molecule has 0 radical (unpaired) electrons. The fraction of sp³-hybridized carbons (Fsp3) is 0.263. The van der Waals surface area contributed by atoms with Crippen molar-refractivity contribution >= 4 is 33.4 Å². The van der Waals surface area contributed by atoms with E-state index in [-0.39, 0.29) is 5.91 Å². The number of anilines is 1. The van der Waals surface area contributed by atoms with E-state index >= 15 is 0 Å². The number of halogens is 2. The molecule has 2 aromatic rings. The lowest BCUT2D eigenvalue weighted by Crippen LogP contribution is -2.29. The number of nitrogens with zero attached hydrogens (tertiary/aromatic N) is 1. The first-order valence-electron chi connectivity index (χ1n) is 8.12. The van der Waals surface area contributed by atoms with Crippen LogP contribution in [0.4, 0.5) is 10.1 Å². The number of likely N-dealkylation sites (tertiary alicyclic amines) is 1. The Balaban J connectivity index is 1.91. The van der Waals surface area contributed by atoms with Crippen LogP contribution < -0.4 is 5.32 Å². The Morgan fingerprint density at radius 3 is 2.52 bits per heavy atom. The van der Waals surface area contributed by atoms with Gasteiger partial charge in [0.15, 0.2) is 0 Å². The van der Waals surface area contributed by atoms with Crippen LogP contribution in [-0.4, -0.2) is 29.8 Å². The van der Waals surface area contributed by atoms with Crippen molar-refractivity contribution < 1.29 is 14.0 Å². The quantitative estimate of drug-likeness (QED) is 0.824. The molecule has 1 N–H and O–H groups in total. The van der Waals surface area contributed by atoms with Crippen molar-refractivity contribution in [3.63, 3.8) is 0 Å². The number of aryl methyl sites for hydroxylation is 1. The van der Waals surface area contributed by atoms with E-state index in [4.69, 9.17) is 0 Å². The van der Waals surface area contributed by atoms with Gasteiger partial charge in [-0.1, -0.05) is 12.1 Å². The van der Waals surface area contributed by atoms with Gasteiger partial charge < -0.3 is 10.2 Å². The van der Waals surface area contributed by atoms with Crippen LogP contribution in [0.5, 0.6) is 0 Å². The minimum Gasteiger partial charge on any atom is -0.339 e. The van der Waals surface area contributed by atoms with Gasteiger partial charge in [0.25, 0.3) is 11.8 Å². The Morgan fingerprint density at radius 1 is 1.12 bits per heavy atom. The van der Waals surface area contributed by atoms with Crippen molar-refractivity contribution in [2.24, 2.45) is 0 Å². The van der Waals surface area contributed by atoms with E-state index in [0.29, 0.717) is 21.3 Å². The smallest absolute Gasteiger partial charge is 0.256 e. The Kier molecular flexibility index (Phi) is 5.18. The average Bonchev–Trinajstić information content (AvgIpc) is 3.10. The second-order valence-corrected chi connectivity index (χ2v) is 6.93. The highest BCUT2D eigenvalue weighted by molar-refractivity contribution is 9.10. The van der Waals surface area contributed by atoms with Gasteiger partial charge in [0.05, 0.1) is 16.8 Å². The van der Waals surface area contributed by atoms with Crippen molar-refractivity contribution in [1.82, 2.24) is 4.90 Å². The molecule has 1 saturated heterocycles. The SMILES string of the molecule is Cc1cccc(C(=O)N2CCCC2)c1NC(=O)c1ccc(F)cc1Br. The lowest BCUT2D eigenvalue weighted by molar-refractivity contribution is 0.0794. The van der Waals surface area contributed by atoms with Gasteiger partial charge in [-0.25, -0.2) is 4.39 Å². The van der Waals surface area contributed by atoms with Crippen LogP contribution in [0.3, 0.4) is 0 Å². The molecule has 4 nitrogen and oxygen atoms in total. The van der Waals surface area contributed by atoms with Crippen LogP contribution in [0, 0.1) is 12.7 Å². The maximum Gasteiger partial charge on any atom is 0.256 e. The second kappa shape index (κ2) is 7.35. The van der Waals surface area contributed by atoms with Gasteiger partial charge >= 0.3 is 0 Å². The molecule has 2 aromatic carbocycles. The van der Waals surface area contributed by atoms with E-state index in [0.717, 1.165) is 31.5 Å². The molecule has 0 bridgehead atoms. The van der Waals surface area contributed by atoms with Gasteiger partial charge in [-0.15, -0.1) is 0 Å². The zero-order valence-corrected chi connectivity index (χ0v) is 15.4. The van der Waals surface area contributed by atoms with Gasteiger partial charge in [0.2, 0.25) is 0 Å². The zero-order valence-electron chi connectivity index (χ0n) is 13.8. The van der Waals surface area contributed by atoms with Gasteiger partial charge in [-0.2, -0.15) is 0 Å². The summed E-state index contributed by atoms with van der Waals surface area (Å²) in [5.74, 6) is -0.893. The summed E-state index contributed by atoms with van der Waals surface area (Å²) in [6.45, 7) is 3.32.